The Hall–Kier alpha value is -2.13. The number of hydrogen-bond acceptors (Lipinski definition) is 5. The molecule has 7 heteroatoms. The first-order valence-electron chi connectivity index (χ1n) is 6.88. The molecule has 1 aliphatic rings. The predicted molar refractivity (Wildman–Crippen MR) is 103 cm³/mol. The third-order valence-corrected chi connectivity index (χ3v) is 4.87. The molecule has 2 N–H and O–H groups in total. The van der Waals surface area contributed by atoms with Crippen LogP contribution in [0.3, 0.4) is 0 Å². The van der Waals surface area contributed by atoms with E-state index in [0.717, 1.165) is 20.9 Å². The molecule has 0 saturated carbocycles. The van der Waals surface area contributed by atoms with Gasteiger partial charge in [-0.1, -0.05) is 24.3 Å². The summed E-state index contributed by atoms with van der Waals surface area (Å²) in [5.41, 5.74) is 6.82. The molecule has 0 spiro atoms. The predicted octanol–water partition coefficient (Wildman–Crippen LogP) is 3.44. The number of ether oxygens (including phenoxy) is 1. The van der Waals surface area contributed by atoms with Crippen molar-refractivity contribution < 1.29 is 14.3 Å². The van der Waals surface area contributed by atoms with Crippen LogP contribution in [0.2, 0.25) is 0 Å². The van der Waals surface area contributed by atoms with Gasteiger partial charge in [0.15, 0.2) is 5.17 Å². The number of rotatable bonds is 3. The van der Waals surface area contributed by atoms with E-state index in [1.807, 2.05) is 12.1 Å². The molecule has 0 aromatic heterocycles. The molecule has 1 aliphatic heterocycles. The number of carbonyl (C=O) groups is 2. The lowest BCUT2D eigenvalue weighted by Crippen LogP contribution is -2.10. The maximum absolute atomic E-state index is 12.2. The van der Waals surface area contributed by atoms with Crippen molar-refractivity contribution in [3.05, 3.63) is 68.1 Å². The number of halogens is 1. The Morgan fingerprint density at radius 1 is 1.17 bits per heavy atom. The second-order valence-electron chi connectivity index (χ2n) is 4.80. The summed E-state index contributed by atoms with van der Waals surface area (Å²) in [6.07, 6.45) is 1.70. The van der Waals surface area contributed by atoms with Gasteiger partial charge in [-0.05, 0) is 70.3 Å². The zero-order valence-electron chi connectivity index (χ0n) is 12.2. The Balaban J connectivity index is 1.72. The zero-order chi connectivity index (χ0) is 17.1. The van der Waals surface area contributed by atoms with E-state index >= 15 is 0 Å². The minimum absolute atomic E-state index is 0.245. The van der Waals surface area contributed by atoms with E-state index in [9.17, 15) is 9.59 Å². The second kappa shape index (κ2) is 7.18. The summed E-state index contributed by atoms with van der Waals surface area (Å²) >= 11 is 3.23. The summed E-state index contributed by atoms with van der Waals surface area (Å²) in [5, 5.41) is 0.245. The number of benzene rings is 2. The zero-order valence-corrected chi connectivity index (χ0v) is 15.2. The summed E-state index contributed by atoms with van der Waals surface area (Å²) in [6.45, 7) is 0. The summed E-state index contributed by atoms with van der Waals surface area (Å²) in [6, 6.07) is 14.1. The van der Waals surface area contributed by atoms with Crippen LogP contribution in [0.25, 0.3) is 6.08 Å². The highest BCUT2D eigenvalue weighted by molar-refractivity contribution is 14.1. The van der Waals surface area contributed by atoms with Gasteiger partial charge in [0, 0.05) is 3.57 Å². The maximum Gasteiger partial charge on any atom is 0.344 e. The molecule has 2 aromatic rings. The highest BCUT2D eigenvalue weighted by Gasteiger charge is 2.19. The van der Waals surface area contributed by atoms with Gasteiger partial charge >= 0.3 is 5.97 Å². The van der Waals surface area contributed by atoms with Gasteiger partial charge in [-0.3, -0.25) is 4.79 Å². The van der Waals surface area contributed by atoms with Crippen LogP contribution >= 0.6 is 34.4 Å². The van der Waals surface area contributed by atoms with Crippen LogP contribution in [-0.2, 0) is 4.79 Å². The molecular weight excluding hydrogens is 439 g/mol. The summed E-state index contributed by atoms with van der Waals surface area (Å²) in [5.74, 6) is -0.316. The number of esters is 1. The fourth-order valence-electron chi connectivity index (χ4n) is 2.00. The number of hydrogen-bond donors (Lipinski definition) is 1. The molecule has 3 rings (SSSR count). The minimum atomic E-state index is -0.409. The highest BCUT2D eigenvalue weighted by atomic mass is 127. The first-order chi connectivity index (χ1) is 11.5. The Morgan fingerprint density at radius 3 is 2.50 bits per heavy atom. The van der Waals surface area contributed by atoms with Crippen LogP contribution < -0.4 is 10.5 Å². The molecule has 0 fully saturated rings. The van der Waals surface area contributed by atoms with Crippen LogP contribution in [0.1, 0.15) is 15.9 Å². The van der Waals surface area contributed by atoms with E-state index in [4.69, 9.17) is 10.5 Å². The smallest absolute Gasteiger partial charge is 0.344 e. The average molecular weight is 450 g/mol. The number of carbonyl (C=O) groups excluding carboxylic acids is 2. The van der Waals surface area contributed by atoms with Crippen molar-refractivity contribution in [2.75, 3.05) is 0 Å². The molecule has 0 radical (unpaired) electrons. The first kappa shape index (κ1) is 16.7. The van der Waals surface area contributed by atoms with E-state index in [0.29, 0.717) is 16.2 Å². The maximum atomic E-state index is 12.2. The van der Waals surface area contributed by atoms with Crippen molar-refractivity contribution in [3.8, 4) is 5.75 Å². The first-order valence-corrected chi connectivity index (χ1v) is 8.77. The topological polar surface area (TPSA) is 81.8 Å². The number of amidine groups is 1. The Morgan fingerprint density at radius 2 is 1.88 bits per heavy atom. The van der Waals surface area contributed by atoms with Gasteiger partial charge in [-0.2, -0.15) is 4.99 Å². The van der Waals surface area contributed by atoms with E-state index in [2.05, 4.69) is 27.6 Å². The van der Waals surface area contributed by atoms with Gasteiger partial charge in [-0.15, -0.1) is 0 Å². The minimum Gasteiger partial charge on any atom is -0.423 e. The number of nitrogens with two attached hydrogens (primary N) is 1. The lowest BCUT2D eigenvalue weighted by atomic mass is 10.2. The second-order valence-corrected chi connectivity index (χ2v) is 7.03. The standard InChI is InChI=1S/C17H11IN2O3S/c18-13-4-2-1-3-12(13)16(22)23-11-7-5-10(6-8-11)9-14-15(21)20-17(19)24-14/h1-9H,(H2,19,20,21). The van der Waals surface area contributed by atoms with Crippen molar-refractivity contribution in [2.24, 2.45) is 10.7 Å². The molecule has 1 amide bonds. The van der Waals surface area contributed by atoms with E-state index in [1.54, 1.807) is 42.5 Å². The Kier molecular flexibility index (Phi) is 5.00. The highest BCUT2D eigenvalue weighted by Crippen LogP contribution is 2.27. The normalized spacial score (nSPS) is 15.5. The molecule has 24 heavy (non-hydrogen) atoms. The summed E-state index contributed by atoms with van der Waals surface area (Å²) in [4.78, 5) is 27.8. The average Bonchev–Trinajstić information content (AvgIpc) is 2.87. The Bertz CT molecular complexity index is 876. The van der Waals surface area contributed by atoms with E-state index < -0.39 is 5.97 Å². The van der Waals surface area contributed by atoms with Crippen LogP contribution in [0.15, 0.2) is 58.4 Å². The molecule has 0 unspecified atom stereocenters. The van der Waals surface area contributed by atoms with Crippen LogP contribution in [0.4, 0.5) is 0 Å². The van der Waals surface area contributed by atoms with Gasteiger partial charge in [0.1, 0.15) is 5.75 Å². The van der Waals surface area contributed by atoms with Crippen LogP contribution in [0, 0.1) is 3.57 Å². The third kappa shape index (κ3) is 3.85. The molecule has 0 aliphatic carbocycles. The molecule has 2 aromatic carbocycles. The molecular formula is C17H11IN2O3S. The molecule has 0 saturated heterocycles. The molecule has 120 valence electrons. The largest absolute Gasteiger partial charge is 0.423 e. The van der Waals surface area contributed by atoms with Gasteiger partial charge in [-0.25, -0.2) is 4.79 Å². The van der Waals surface area contributed by atoms with Crippen molar-refractivity contribution in [2.45, 2.75) is 0 Å². The number of nitrogens with zero attached hydrogens (tertiary/aromatic N) is 1. The van der Waals surface area contributed by atoms with Gasteiger partial charge in [0.05, 0.1) is 10.5 Å². The van der Waals surface area contributed by atoms with Crippen molar-refractivity contribution in [3.63, 3.8) is 0 Å². The SMILES string of the molecule is NC1=NC(=O)C(=Cc2ccc(OC(=O)c3ccccc3I)cc2)S1. The van der Waals surface area contributed by atoms with Crippen LogP contribution in [0.5, 0.6) is 5.75 Å². The lowest BCUT2D eigenvalue weighted by Gasteiger charge is -2.06. The van der Waals surface area contributed by atoms with E-state index in [-0.39, 0.29) is 11.1 Å². The molecule has 0 atom stereocenters. The Labute approximate surface area is 156 Å². The van der Waals surface area contributed by atoms with Crippen molar-refractivity contribution >= 4 is 57.5 Å². The number of amides is 1. The summed E-state index contributed by atoms with van der Waals surface area (Å²) < 4.78 is 6.19. The van der Waals surface area contributed by atoms with Crippen molar-refractivity contribution in [1.29, 1.82) is 0 Å². The van der Waals surface area contributed by atoms with Crippen LogP contribution in [-0.4, -0.2) is 17.0 Å². The monoisotopic (exact) mass is 450 g/mol. The number of thioether (sulfide) groups is 1. The lowest BCUT2D eigenvalue weighted by molar-refractivity contribution is -0.113. The summed E-state index contributed by atoms with van der Waals surface area (Å²) in [7, 11) is 0. The fraction of sp³-hybridized carbons (Fsp3) is 0. The molecule has 1 heterocycles. The molecule has 5 nitrogen and oxygen atoms in total. The number of aliphatic imine (C=N–C) groups is 1. The van der Waals surface area contributed by atoms with Gasteiger partial charge < -0.3 is 10.5 Å². The third-order valence-electron chi connectivity index (χ3n) is 3.12. The van der Waals surface area contributed by atoms with Gasteiger partial charge in [0.25, 0.3) is 5.91 Å². The van der Waals surface area contributed by atoms with Crippen molar-refractivity contribution in [1.82, 2.24) is 0 Å². The van der Waals surface area contributed by atoms with Gasteiger partial charge in [0.2, 0.25) is 0 Å². The molecule has 0 bridgehead atoms. The quantitative estimate of drug-likeness (QED) is 0.336. The fourth-order valence-corrected chi connectivity index (χ4v) is 3.29. The van der Waals surface area contributed by atoms with E-state index in [1.165, 1.54) is 0 Å².